The van der Waals surface area contributed by atoms with Crippen molar-refractivity contribution in [3.05, 3.63) is 53.6 Å². The number of aryl methyl sites for hydroxylation is 1. The lowest BCUT2D eigenvalue weighted by Gasteiger charge is -2.38. The first-order valence-electron chi connectivity index (χ1n) is 13.5. The summed E-state index contributed by atoms with van der Waals surface area (Å²) in [5, 5.41) is 12.7. The molecule has 10 nitrogen and oxygen atoms in total. The third kappa shape index (κ3) is 7.81. The molecule has 3 atom stereocenters. The molecule has 1 aliphatic heterocycles. The molecule has 2 amide bonds. The Morgan fingerprint density at radius 3 is 2.48 bits per heavy atom. The summed E-state index contributed by atoms with van der Waals surface area (Å²) in [6.45, 7) is 6.40. The van der Waals surface area contributed by atoms with Crippen LogP contribution >= 0.6 is 0 Å². The van der Waals surface area contributed by atoms with Crippen LogP contribution in [0, 0.1) is 12.8 Å². The molecular weight excluding hydrogens is 532 g/mol. The molecule has 2 N–H and O–H groups in total. The first-order valence-corrected chi connectivity index (χ1v) is 15.0. The molecule has 220 valence electrons. The Hall–Kier alpha value is -2.99. The molecule has 40 heavy (non-hydrogen) atoms. The summed E-state index contributed by atoms with van der Waals surface area (Å²) in [5.74, 6) is -0.441. The van der Waals surface area contributed by atoms with Crippen LogP contribution < -0.4 is 10.1 Å². The molecule has 0 fully saturated rings. The predicted molar refractivity (Wildman–Crippen MR) is 155 cm³/mol. The van der Waals surface area contributed by atoms with Crippen LogP contribution in [-0.4, -0.2) is 99.0 Å². The van der Waals surface area contributed by atoms with Crippen molar-refractivity contribution in [3.8, 4) is 5.75 Å². The fraction of sp³-hybridized carbons (Fsp3) is 0.517. The maximum absolute atomic E-state index is 13.6. The van der Waals surface area contributed by atoms with Crippen LogP contribution in [0.3, 0.4) is 0 Å². The number of aliphatic hydroxyl groups is 1. The minimum absolute atomic E-state index is 0.0523. The summed E-state index contributed by atoms with van der Waals surface area (Å²) in [6, 6.07) is 11.1. The molecule has 0 unspecified atom stereocenters. The SMILES string of the molecule is Cc1ccc(S(=O)(=O)N(C)C[C@@H]2Oc3ccc(NC(=O)CCCN(C)C)cc3C(=O)N([C@@H](C)CO)C[C@@H]2C)cc1. The van der Waals surface area contributed by atoms with Crippen LogP contribution in [0.1, 0.15) is 42.6 Å². The average molecular weight is 575 g/mol. The lowest BCUT2D eigenvalue weighted by atomic mass is 9.99. The van der Waals surface area contributed by atoms with E-state index in [4.69, 9.17) is 4.74 Å². The molecule has 0 radical (unpaired) electrons. The van der Waals surface area contributed by atoms with Gasteiger partial charge in [-0.3, -0.25) is 9.59 Å². The van der Waals surface area contributed by atoms with E-state index in [0.29, 0.717) is 24.3 Å². The number of benzene rings is 2. The maximum atomic E-state index is 13.6. The highest BCUT2D eigenvalue weighted by Gasteiger charge is 2.35. The Bertz CT molecular complexity index is 1280. The van der Waals surface area contributed by atoms with E-state index in [0.717, 1.165) is 12.1 Å². The molecule has 11 heteroatoms. The second-order valence-corrected chi connectivity index (χ2v) is 12.9. The molecule has 0 saturated carbocycles. The second-order valence-electron chi connectivity index (χ2n) is 10.9. The van der Waals surface area contributed by atoms with E-state index in [1.165, 1.54) is 11.4 Å². The van der Waals surface area contributed by atoms with Crippen LogP contribution in [-0.2, 0) is 14.8 Å². The van der Waals surface area contributed by atoms with Gasteiger partial charge in [-0.2, -0.15) is 4.31 Å². The van der Waals surface area contributed by atoms with E-state index in [1.54, 1.807) is 54.3 Å². The Labute approximate surface area is 238 Å². The van der Waals surface area contributed by atoms with E-state index >= 15 is 0 Å². The van der Waals surface area contributed by atoms with Crippen molar-refractivity contribution in [3.63, 3.8) is 0 Å². The first kappa shape index (κ1) is 31.5. The minimum Gasteiger partial charge on any atom is -0.488 e. The van der Waals surface area contributed by atoms with E-state index < -0.39 is 22.2 Å². The van der Waals surface area contributed by atoms with Gasteiger partial charge in [0, 0.05) is 31.6 Å². The van der Waals surface area contributed by atoms with E-state index in [-0.39, 0.29) is 47.9 Å². The molecule has 0 aliphatic carbocycles. The number of nitrogens with one attached hydrogen (secondary N) is 1. The van der Waals surface area contributed by atoms with Gasteiger partial charge in [-0.25, -0.2) is 8.42 Å². The highest BCUT2D eigenvalue weighted by atomic mass is 32.2. The molecule has 0 saturated heterocycles. The van der Waals surface area contributed by atoms with Gasteiger partial charge >= 0.3 is 0 Å². The van der Waals surface area contributed by atoms with Gasteiger partial charge in [0.05, 0.1) is 29.7 Å². The number of carbonyl (C=O) groups is 2. The van der Waals surface area contributed by atoms with E-state index in [2.05, 4.69) is 5.32 Å². The number of hydrogen-bond acceptors (Lipinski definition) is 7. The summed E-state index contributed by atoms with van der Waals surface area (Å²) in [5.41, 5.74) is 1.67. The number of anilines is 1. The van der Waals surface area contributed by atoms with Gasteiger partial charge in [0.2, 0.25) is 15.9 Å². The fourth-order valence-corrected chi connectivity index (χ4v) is 5.72. The number of nitrogens with zero attached hydrogens (tertiary/aromatic N) is 3. The topological polar surface area (TPSA) is 119 Å². The third-order valence-electron chi connectivity index (χ3n) is 7.12. The Morgan fingerprint density at radius 2 is 1.85 bits per heavy atom. The highest BCUT2D eigenvalue weighted by Crippen LogP contribution is 2.31. The summed E-state index contributed by atoms with van der Waals surface area (Å²) >= 11 is 0. The van der Waals surface area contributed by atoms with Gasteiger partial charge in [-0.15, -0.1) is 0 Å². The number of carbonyl (C=O) groups excluding carboxylic acids is 2. The highest BCUT2D eigenvalue weighted by molar-refractivity contribution is 7.89. The van der Waals surface area contributed by atoms with Gasteiger partial charge in [-0.1, -0.05) is 24.6 Å². The van der Waals surface area contributed by atoms with Crippen molar-refractivity contribution in [2.45, 2.75) is 50.7 Å². The summed E-state index contributed by atoms with van der Waals surface area (Å²) < 4.78 is 34.2. The Balaban J connectivity index is 1.89. The number of sulfonamides is 1. The van der Waals surface area contributed by atoms with Crippen molar-refractivity contribution in [1.82, 2.24) is 14.1 Å². The monoisotopic (exact) mass is 574 g/mol. The lowest BCUT2D eigenvalue weighted by Crippen LogP contribution is -2.50. The number of amides is 2. The molecule has 1 heterocycles. The average Bonchev–Trinajstić information content (AvgIpc) is 2.90. The van der Waals surface area contributed by atoms with Gasteiger partial charge in [0.1, 0.15) is 11.9 Å². The number of rotatable bonds is 11. The van der Waals surface area contributed by atoms with Crippen molar-refractivity contribution in [2.24, 2.45) is 5.92 Å². The first-order chi connectivity index (χ1) is 18.8. The molecule has 3 rings (SSSR count). The van der Waals surface area contributed by atoms with Crippen LogP contribution in [0.25, 0.3) is 0 Å². The standard InChI is InChI=1S/C29H42N4O6S/c1-20-9-12-24(13-10-20)40(37,38)32(6)18-27-21(2)17-33(22(3)19-34)29(36)25-16-23(11-14-26(25)39-27)30-28(35)8-7-15-31(4)5/h9-14,16,21-22,27,34H,7-8,15,17-19H2,1-6H3,(H,30,35)/t21-,22-,27-/m0/s1. The zero-order valence-electron chi connectivity index (χ0n) is 24.3. The Morgan fingerprint density at radius 1 is 1.18 bits per heavy atom. The minimum atomic E-state index is -3.77. The number of hydrogen-bond donors (Lipinski definition) is 2. The smallest absolute Gasteiger partial charge is 0.258 e. The summed E-state index contributed by atoms with van der Waals surface area (Å²) in [6.07, 6.45) is 0.456. The lowest BCUT2D eigenvalue weighted by molar-refractivity contribution is -0.116. The van der Waals surface area contributed by atoms with Crippen LogP contribution in [0.5, 0.6) is 5.75 Å². The normalized spacial score (nSPS) is 18.6. The number of ether oxygens (including phenoxy) is 1. The zero-order chi connectivity index (χ0) is 29.6. The van der Waals surface area contributed by atoms with Crippen LogP contribution in [0.15, 0.2) is 47.4 Å². The molecular formula is C29H42N4O6S. The quantitative estimate of drug-likeness (QED) is 0.424. The van der Waals surface area contributed by atoms with Crippen LogP contribution in [0.2, 0.25) is 0 Å². The molecule has 0 spiro atoms. The van der Waals surface area contributed by atoms with Crippen LogP contribution in [0.4, 0.5) is 5.69 Å². The fourth-order valence-electron chi connectivity index (χ4n) is 4.54. The third-order valence-corrected chi connectivity index (χ3v) is 8.96. The number of aliphatic hydroxyl groups excluding tert-OH is 1. The number of fused-ring (bicyclic) bond motifs is 1. The van der Waals surface area contributed by atoms with E-state index in [1.807, 2.05) is 32.8 Å². The molecule has 0 aromatic heterocycles. The second kappa shape index (κ2) is 13.6. The zero-order valence-corrected chi connectivity index (χ0v) is 25.1. The van der Waals surface area contributed by atoms with Crippen molar-refractivity contribution >= 4 is 27.5 Å². The van der Waals surface area contributed by atoms with Crippen molar-refractivity contribution in [2.75, 3.05) is 52.7 Å². The number of likely N-dealkylation sites (N-methyl/N-ethyl adjacent to an activating group) is 1. The molecule has 2 aromatic rings. The van der Waals surface area contributed by atoms with Crippen molar-refractivity contribution < 1.29 is 27.9 Å². The summed E-state index contributed by atoms with van der Waals surface area (Å²) in [4.78, 5) is 29.9. The predicted octanol–water partition coefficient (Wildman–Crippen LogP) is 2.82. The molecule has 2 aromatic carbocycles. The van der Waals surface area contributed by atoms with Crippen molar-refractivity contribution in [1.29, 1.82) is 0 Å². The summed E-state index contributed by atoms with van der Waals surface area (Å²) in [7, 11) is 1.63. The van der Waals surface area contributed by atoms with E-state index in [9.17, 15) is 23.1 Å². The van der Waals surface area contributed by atoms with Gasteiger partial charge < -0.3 is 25.0 Å². The Kier molecular flexibility index (Phi) is 10.7. The largest absolute Gasteiger partial charge is 0.488 e. The van der Waals surface area contributed by atoms with Gasteiger partial charge in [-0.05, 0) is 71.2 Å². The molecule has 0 bridgehead atoms. The molecule has 1 aliphatic rings. The van der Waals surface area contributed by atoms with Gasteiger partial charge in [0.25, 0.3) is 5.91 Å². The van der Waals surface area contributed by atoms with Gasteiger partial charge in [0.15, 0.2) is 0 Å². The maximum Gasteiger partial charge on any atom is 0.258 e.